The molecule has 1 fully saturated rings. The third kappa shape index (κ3) is 4.42. The van der Waals surface area contributed by atoms with Crippen molar-refractivity contribution in [2.75, 3.05) is 30.4 Å². The Morgan fingerprint density at radius 1 is 1.10 bits per heavy atom. The van der Waals surface area contributed by atoms with Gasteiger partial charge in [-0.2, -0.15) is 0 Å². The molecule has 29 heavy (non-hydrogen) atoms. The van der Waals surface area contributed by atoms with Crippen molar-refractivity contribution in [1.29, 1.82) is 0 Å². The van der Waals surface area contributed by atoms with E-state index in [1.165, 1.54) is 11.1 Å². The highest BCUT2D eigenvalue weighted by Crippen LogP contribution is 2.29. The standard InChI is InChI=1S/C23H26N4O2/c1-16-15-22(20-5-3-4-6-21(20)24-16)27-13-11-18(12-14-27)26-23(28)25-17-7-9-19(29-2)10-8-17/h3-10,15,18H,11-14H2,1-2H3,(H2,25,26,28). The summed E-state index contributed by atoms with van der Waals surface area (Å²) in [5, 5.41) is 7.17. The number of carbonyl (C=O) groups excluding carboxylic acids is 1. The van der Waals surface area contributed by atoms with Gasteiger partial charge in [-0.05, 0) is 56.2 Å². The zero-order valence-corrected chi connectivity index (χ0v) is 16.8. The number of methoxy groups -OCH3 is 1. The molecule has 1 aliphatic rings. The van der Waals surface area contributed by atoms with Gasteiger partial charge in [-0.1, -0.05) is 18.2 Å². The molecule has 2 amide bonds. The summed E-state index contributed by atoms with van der Waals surface area (Å²) in [5.74, 6) is 0.766. The number of rotatable bonds is 4. The molecule has 4 rings (SSSR count). The fourth-order valence-electron chi connectivity index (χ4n) is 3.84. The number of para-hydroxylation sites is 1. The molecular formula is C23H26N4O2. The van der Waals surface area contributed by atoms with E-state index in [-0.39, 0.29) is 12.1 Å². The van der Waals surface area contributed by atoms with Crippen LogP contribution in [0.5, 0.6) is 5.75 Å². The van der Waals surface area contributed by atoms with Crippen molar-refractivity contribution in [3.8, 4) is 5.75 Å². The van der Waals surface area contributed by atoms with Crippen LogP contribution < -0.4 is 20.3 Å². The lowest BCUT2D eigenvalue weighted by Crippen LogP contribution is -2.46. The number of pyridine rings is 1. The Labute approximate surface area is 170 Å². The summed E-state index contributed by atoms with van der Waals surface area (Å²) in [6.45, 7) is 3.84. The van der Waals surface area contributed by atoms with Crippen LogP contribution in [0.2, 0.25) is 0 Å². The molecule has 0 unspecified atom stereocenters. The first-order valence-electron chi connectivity index (χ1n) is 9.95. The first kappa shape index (κ1) is 19.1. The molecule has 2 N–H and O–H groups in total. The topological polar surface area (TPSA) is 66.5 Å². The number of hydrogen-bond donors (Lipinski definition) is 2. The summed E-state index contributed by atoms with van der Waals surface area (Å²) in [5.41, 5.74) is 4.04. The van der Waals surface area contributed by atoms with Gasteiger partial charge in [-0.15, -0.1) is 0 Å². The Bertz CT molecular complexity index is 995. The molecule has 2 heterocycles. The van der Waals surface area contributed by atoms with Crippen LogP contribution in [0, 0.1) is 6.92 Å². The van der Waals surface area contributed by atoms with Gasteiger partial charge in [0, 0.05) is 41.6 Å². The minimum absolute atomic E-state index is 0.165. The maximum absolute atomic E-state index is 12.3. The number of benzene rings is 2. The fourth-order valence-corrected chi connectivity index (χ4v) is 3.84. The first-order valence-corrected chi connectivity index (χ1v) is 9.95. The van der Waals surface area contributed by atoms with E-state index in [1.807, 2.05) is 37.3 Å². The number of aryl methyl sites for hydroxylation is 1. The number of ether oxygens (including phenoxy) is 1. The second-order valence-electron chi connectivity index (χ2n) is 7.39. The molecule has 1 aliphatic heterocycles. The van der Waals surface area contributed by atoms with E-state index in [2.05, 4.69) is 44.8 Å². The van der Waals surface area contributed by atoms with Gasteiger partial charge < -0.3 is 20.3 Å². The molecule has 1 saturated heterocycles. The number of nitrogens with zero attached hydrogens (tertiary/aromatic N) is 2. The molecule has 6 heteroatoms. The van der Waals surface area contributed by atoms with Crippen LogP contribution in [0.15, 0.2) is 54.6 Å². The van der Waals surface area contributed by atoms with Gasteiger partial charge in [-0.3, -0.25) is 4.98 Å². The largest absolute Gasteiger partial charge is 0.497 e. The lowest BCUT2D eigenvalue weighted by atomic mass is 10.0. The molecule has 0 bridgehead atoms. The third-order valence-electron chi connectivity index (χ3n) is 5.34. The highest BCUT2D eigenvalue weighted by atomic mass is 16.5. The fraction of sp³-hybridized carbons (Fsp3) is 0.304. The SMILES string of the molecule is COc1ccc(NC(=O)NC2CCN(c3cc(C)nc4ccccc34)CC2)cc1. The van der Waals surface area contributed by atoms with Gasteiger partial charge >= 0.3 is 6.03 Å². The van der Waals surface area contributed by atoms with Gasteiger partial charge in [0.15, 0.2) is 0 Å². The number of aromatic nitrogens is 1. The van der Waals surface area contributed by atoms with Crippen molar-refractivity contribution in [2.24, 2.45) is 0 Å². The van der Waals surface area contributed by atoms with E-state index in [4.69, 9.17) is 4.74 Å². The van der Waals surface area contributed by atoms with Crippen molar-refractivity contribution < 1.29 is 9.53 Å². The van der Waals surface area contributed by atoms with Crippen LogP contribution in [0.3, 0.4) is 0 Å². The van der Waals surface area contributed by atoms with E-state index in [0.29, 0.717) is 0 Å². The number of carbonyl (C=O) groups is 1. The molecule has 0 atom stereocenters. The lowest BCUT2D eigenvalue weighted by Gasteiger charge is -2.34. The molecular weight excluding hydrogens is 364 g/mol. The normalized spacial score (nSPS) is 14.6. The minimum atomic E-state index is -0.168. The molecule has 0 spiro atoms. The predicted molar refractivity (Wildman–Crippen MR) is 117 cm³/mol. The summed E-state index contributed by atoms with van der Waals surface area (Å²) in [6.07, 6.45) is 1.82. The summed E-state index contributed by atoms with van der Waals surface area (Å²) in [4.78, 5) is 19.4. The van der Waals surface area contributed by atoms with Gasteiger partial charge in [0.1, 0.15) is 5.75 Å². The quantitative estimate of drug-likeness (QED) is 0.695. The highest BCUT2D eigenvalue weighted by Gasteiger charge is 2.22. The summed E-state index contributed by atoms with van der Waals surface area (Å²) in [6, 6.07) is 17.7. The number of fused-ring (bicyclic) bond motifs is 1. The Kier molecular flexibility index (Phi) is 5.51. The van der Waals surface area contributed by atoms with E-state index in [9.17, 15) is 4.79 Å². The van der Waals surface area contributed by atoms with Crippen LogP contribution in [-0.4, -0.2) is 37.3 Å². The highest BCUT2D eigenvalue weighted by molar-refractivity contribution is 5.92. The Hall–Kier alpha value is -3.28. The van der Waals surface area contributed by atoms with E-state index >= 15 is 0 Å². The van der Waals surface area contributed by atoms with Gasteiger partial charge in [0.25, 0.3) is 0 Å². The van der Waals surface area contributed by atoms with Crippen LogP contribution in [0.25, 0.3) is 10.9 Å². The zero-order valence-electron chi connectivity index (χ0n) is 16.8. The molecule has 0 radical (unpaired) electrons. The summed E-state index contributed by atoms with van der Waals surface area (Å²) < 4.78 is 5.14. The van der Waals surface area contributed by atoms with Crippen molar-refractivity contribution >= 4 is 28.3 Å². The van der Waals surface area contributed by atoms with Gasteiger partial charge in [0.05, 0.1) is 12.6 Å². The summed E-state index contributed by atoms with van der Waals surface area (Å²) >= 11 is 0. The van der Waals surface area contributed by atoms with Crippen LogP contribution >= 0.6 is 0 Å². The molecule has 3 aromatic rings. The van der Waals surface area contributed by atoms with Crippen molar-refractivity contribution in [2.45, 2.75) is 25.8 Å². The molecule has 150 valence electrons. The maximum Gasteiger partial charge on any atom is 0.319 e. The number of amides is 2. The van der Waals surface area contributed by atoms with Crippen LogP contribution in [-0.2, 0) is 0 Å². The van der Waals surface area contributed by atoms with Crippen LogP contribution in [0.1, 0.15) is 18.5 Å². The number of hydrogen-bond acceptors (Lipinski definition) is 4. The molecule has 2 aromatic carbocycles. The first-order chi connectivity index (χ1) is 14.1. The van der Waals surface area contributed by atoms with Crippen molar-refractivity contribution in [1.82, 2.24) is 10.3 Å². The third-order valence-corrected chi connectivity index (χ3v) is 5.34. The zero-order chi connectivity index (χ0) is 20.2. The second-order valence-corrected chi connectivity index (χ2v) is 7.39. The van der Waals surface area contributed by atoms with E-state index < -0.39 is 0 Å². The number of urea groups is 1. The smallest absolute Gasteiger partial charge is 0.319 e. The monoisotopic (exact) mass is 390 g/mol. The Morgan fingerprint density at radius 2 is 1.83 bits per heavy atom. The van der Waals surface area contributed by atoms with Crippen LogP contribution in [0.4, 0.5) is 16.2 Å². The average molecular weight is 390 g/mol. The molecule has 0 aliphatic carbocycles. The summed E-state index contributed by atoms with van der Waals surface area (Å²) in [7, 11) is 1.62. The maximum atomic E-state index is 12.3. The minimum Gasteiger partial charge on any atom is -0.497 e. The number of piperidine rings is 1. The Morgan fingerprint density at radius 3 is 2.55 bits per heavy atom. The Balaban J connectivity index is 1.35. The number of anilines is 2. The van der Waals surface area contributed by atoms with E-state index in [1.54, 1.807) is 7.11 Å². The lowest BCUT2D eigenvalue weighted by molar-refractivity contribution is 0.246. The average Bonchev–Trinajstić information content (AvgIpc) is 2.74. The number of nitrogens with one attached hydrogen (secondary N) is 2. The molecule has 6 nitrogen and oxygen atoms in total. The van der Waals surface area contributed by atoms with E-state index in [0.717, 1.165) is 48.6 Å². The van der Waals surface area contributed by atoms with Crippen molar-refractivity contribution in [3.63, 3.8) is 0 Å². The molecule has 1 aromatic heterocycles. The van der Waals surface area contributed by atoms with Gasteiger partial charge in [-0.25, -0.2) is 4.79 Å². The predicted octanol–water partition coefficient (Wildman–Crippen LogP) is 4.34. The molecule has 0 saturated carbocycles. The second kappa shape index (κ2) is 8.39. The van der Waals surface area contributed by atoms with Gasteiger partial charge in [0.2, 0.25) is 0 Å². The van der Waals surface area contributed by atoms with Crippen molar-refractivity contribution in [3.05, 3.63) is 60.3 Å².